The molecular formula is C24H25N3O. The number of benzene rings is 2. The van der Waals surface area contributed by atoms with Gasteiger partial charge in [-0.3, -0.25) is 14.7 Å². The lowest BCUT2D eigenvalue weighted by Gasteiger charge is -2.40. The quantitative estimate of drug-likeness (QED) is 0.747. The monoisotopic (exact) mass is 371 g/mol. The molecule has 2 aliphatic rings. The van der Waals surface area contributed by atoms with E-state index in [2.05, 4.69) is 57.7 Å². The molecule has 0 radical (unpaired) electrons. The van der Waals surface area contributed by atoms with Crippen molar-refractivity contribution in [2.24, 2.45) is 5.41 Å². The van der Waals surface area contributed by atoms with Gasteiger partial charge in [-0.25, -0.2) is 0 Å². The van der Waals surface area contributed by atoms with Gasteiger partial charge in [0.15, 0.2) is 0 Å². The third-order valence-electron chi connectivity index (χ3n) is 6.43. The molecular weight excluding hydrogens is 346 g/mol. The number of carbonyl (C=O) groups excluding carboxylic acids is 1. The predicted octanol–water partition coefficient (Wildman–Crippen LogP) is 3.69. The molecule has 2 aliphatic heterocycles. The van der Waals surface area contributed by atoms with E-state index in [0.717, 1.165) is 44.4 Å². The fourth-order valence-electron chi connectivity index (χ4n) is 4.71. The molecule has 3 heterocycles. The summed E-state index contributed by atoms with van der Waals surface area (Å²) >= 11 is 0. The second kappa shape index (κ2) is 7.02. The summed E-state index contributed by atoms with van der Waals surface area (Å²) in [5.74, 6) is 0.232. The van der Waals surface area contributed by atoms with Gasteiger partial charge < -0.3 is 5.32 Å². The van der Waals surface area contributed by atoms with Gasteiger partial charge in [0.25, 0.3) is 0 Å². The van der Waals surface area contributed by atoms with Crippen molar-refractivity contribution in [1.82, 2.24) is 15.2 Å². The van der Waals surface area contributed by atoms with E-state index in [1.54, 1.807) is 0 Å². The fraction of sp³-hybridized carbons (Fsp3) is 0.333. The minimum Gasteiger partial charge on any atom is -0.352 e. The van der Waals surface area contributed by atoms with Crippen molar-refractivity contribution in [1.29, 1.82) is 0 Å². The Kier molecular flexibility index (Phi) is 4.36. The lowest BCUT2D eigenvalue weighted by atomic mass is 9.73. The molecule has 0 aliphatic carbocycles. The molecule has 28 heavy (non-hydrogen) atoms. The lowest BCUT2D eigenvalue weighted by Crippen LogP contribution is -2.48. The van der Waals surface area contributed by atoms with Gasteiger partial charge in [0, 0.05) is 24.7 Å². The van der Waals surface area contributed by atoms with E-state index in [0.29, 0.717) is 6.54 Å². The topological polar surface area (TPSA) is 45.2 Å². The van der Waals surface area contributed by atoms with E-state index in [1.807, 2.05) is 18.3 Å². The van der Waals surface area contributed by atoms with Crippen LogP contribution in [0.4, 0.5) is 0 Å². The smallest absolute Gasteiger partial charge is 0.226 e. The van der Waals surface area contributed by atoms with Gasteiger partial charge in [-0.05, 0) is 61.2 Å². The number of hydrogen-bond acceptors (Lipinski definition) is 3. The fourth-order valence-corrected chi connectivity index (χ4v) is 4.71. The number of piperidine rings is 1. The predicted molar refractivity (Wildman–Crippen MR) is 111 cm³/mol. The van der Waals surface area contributed by atoms with Crippen molar-refractivity contribution in [2.45, 2.75) is 32.4 Å². The Balaban J connectivity index is 1.30. The van der Waals surface area contributed by atoms with Crippen LogP contribution in [0.1, 0.15) is 29.5 Å². The second-order valence-corrected chi connectivity index (χ2v) is 8.22. The van der Waals surface area contributed by atoms with Crippen LogP contribution in [0.25, 0.3) is 10.9 Å². The van der Waals surface area contributed by atoms with Crippen molar-refractivity contribution in [3.05, 3.63) is 77.5 Å². The highest BCUT2D eigenvalue weighted by atomic mass is 16.2. The number of hydrogen-bond donors (Lipinski definition) is 1. The molecule has 3 aromatic rings. The van der Waals surface area contributed by atoms with Gasteiger partial charge in [-0.2, -0.15) is 0 Å². The van der Waals surface area contributed by atoms with Gasteiger partial charge in [-0.1, -0.05) is 42.5 Å². The molecule has 4 heteroatoms. The zero-order valence-corrected chi connectivity index (χ0v) is 16.0. The standard InChI is InChI=1S/C24H25N3O/c28-23-24(14-20-6-1-2-7-21(20)16-26-23)9-11-27(12-10-24)17-18-13-19-5-3-4-8-22(19)25-15-18/h1-8,13,15H,9-12,14,16-17H2,(H,26,28). The number of aromatic nitrogens is 1. The van der Waals surface area contributed by atoms with Crippen molar-refractivity contribution < 1.29 is 4.79 Å². The average molecular weight is 371 g/mol. The molecule has 0 unspecified atom stereocenters. The van der Waals surface area contributed by atoms with Crippen LogP contribution in [0.5, 0.6) is 0 Å². The summed E-state index contributed by atoms with van der Waals surface area (Å²) in [5.41, 5.74) is 4.61. The molecule has 0 atom stereocenters. The summed E-state index contributed by atoms with van der Waals surface area (Å²) in [6.45, 7) is 3.44. The lowest BCUT2D eigenvalue weighted by molar-refractivity contribution is -0.133. The summed E-state index contributed by atoms with van der Waals surface area (Å²) in [5, 5.41) is 4.37. The number of nitrogens with zero attached hydrogens (tertiary/aromatic N) is 2. The van der Waals surface area contributed by atoms with Gasteiger partial charge in [0.05, 0.1) is 10.9 Å². The number of rotatable bonds is 2. The number of nitrogens with one attached hydrogen (secondary N) is 1. The van der Waals surface area contributed by atoms with Crippen LogP contribution < -0.4 is 5.32 Å². The largest absolute Gasteiger partial charge is 0.352 e. The minimum absolute atomic E-state index is 0.232. The third-order valence-corrected chi connectivity index (χ3v) is 6.43. The maximum Gasteiger partial charge on any atom is 0.226 e. The zero-order valence-electron chi connectivity index (χ0n) is 16.0. The first-order chi connectivity index (χ1) is 13.7. The van der Waals surface area contributed by atoms with Crippen molar-refractivity contribution in [3.63, 3.8) is 0 Å². The normalized spacial score (nSPS) is 19.2. The van der Waals surface area contributed by atoms with E-state index in [4.69, 9.17) is 0 Å². The van der Waals surface area contributed by atoms with Crippen molar-refractivity contribution in [2.75, 3.05) is 13.1 Å². The molecule has 1 fully saturated rings. The zero-order chi connectivity index (χ0) is 19.0. The Morgan fingerprint density at radius 2 is 1.75 bits per heavy atom. The number of para-hydroxylation sites is 1. The molecule has 0 saturated carbocycles. The van der Waals surface area contributed by atoms with E-state index in [9.17, 15) is 4.79 Å². The molecule has 1 spiro atoms. The van der Waals surface area contributed by atoms with E-state index >= 15 is 0 Å². The van der Waals surface area contributed by atoms with E-state index in [-0.39, 0.29) is 11.3 Å². The Hall–Kier alpha value is -2.72. The van der Waals surface area contributed by atoms with Gasteiger partial charge >= 0.3 is 0 Å². The first kappa shape index (κ1) is 17.4. The van der Waals surface area contributed by atoms with Crippen LogP contribution in [0.2, 0.25) is 0 Å². The molecule has 5 rings (SSSR count). The van der Waals surface area contributed by atoms with Crippen LogP contribution in [0, 0.1) is 5.41 Å². The first-order valence-corrected chi connectivity index (χ1v) is 10.1. The van der Waals surface area contributed by atoms with Crippen LogP contribution in [-0.2, 0) is 24.3 Å². The van der Waals surface area contributed by atoms with Crippen LogP contribution >= 0.6 is 0 Å². The van der Waals surface area contributed by atoms with Crippen molar-refractivity contribution >= 4 is 16.8 Å². The first-order valence-electron chi connectivity index (χ1n) is 10.1. The highest BCUT2D eigenvalue weighted by molar-refractivity contribution is 5.84. The molecule has 1 amide bonds. The molecule has 1 saturated heterocycles. The second-order valence-electron chi connectivity index (χ2n) is 8.22. The number of pyridine rings is 1. The number of fused-ring (bicyclic) bond motifs is 2. The third kappa shape index (κ3) is 3.18. The highest BCUT2D eigenvalue weighted by Gasteiger charge is 2.42. The van der Waals surface area contributed by atoms with Crippen LogP contribution in [0.3, 0.4) is 0 Å². The van der Waals surface area contributed by atoms with E-state index in [1.165, 1.54) is 22.1 Å². The van der Waals surface area contributed by atoms with Crippen molar-refractivity contribution in [3.8, 4) is 0 Å². The molecule has 1 N–H and O–H groups in total. The number of carbonyl (C=O) groups is 1. The number of amides is 1. The Morgan fingerprint density at radius 1 is 1.00 bits per heavy atom. The van der Waals surface area contributed by atoms with Gasteiger partial charge in [0.2, 0.25) is 5.91 Å². The number of likely N-dealkylation sites (tertiary alicyclic amines) is 1. The molecule has 0 bridgehead atoms. The van der Waals surface area contributed by atoms with Crippen LogP contribution in [0.15, 0.2) is 60.8 Å². The Labute approximate surface area is 165 Å². The summed E-state index contributed by atoms with van der Waals surface area (Å²) < 4.78 is 0. The summed E-state index contributed by atoms with van der Waals surface area (Å²) in [4.78, 5) is 20.0. The Bertz CT molecular complexity index is 1020. The minimum atomic E-state index is -0.259. The molecule has 142 valence electrons. The summed E-state index contributed by atoms with van der Waals surface area (Å²) in [6.07, 6.45) is 4.67. The maximum atomic E-state index is 12.9. The molecule has 2 aromatic carbocycles. The molecule has 1 aromatic heterocycles. The summed E-state index contributed by atoms with van der Waals surface area (Å²) in [6, 6.07) is 18.9. The molecule has 4 nitrogen and oxygen atoms in total. The van der Waals surface area contributed by atoms with Crippen LogP contribution in [-0.4, -0.2) is 28.9 Å². The van der Waals surface area contributed by atoms with E-state index < -0.39 is 0 Å². The maximum absolute atomic E-state index is 12.9. The SMILES string of the molecule is O=C1NCc2ccccc2CC12CCN(Cc1cnc3ccccc3c1)CC2. The summed E-state index contributed by atoms with van der Waals surface area (Å²) in [7, 11) is 0. The Morgan fingerprint density at radius 3 is 2.61 bits per heavy atom. The van der Waals surface area contributed by atoms with Gasteiger partial charge in [0.1, 0.15) is 0 Å². The average Bonchev–Trinajstić information content (AvgIpc) is 2.87. The highest BCUT2D eigenvalue weighted by Crippen LogP contribution is 2.38. The van der Waals surface area contributed by atoms with Gasteiger partial charge in [-0.15, -0.1) is 0 Å².